The number of benzene rings is 1. The molecule has 4 amide bonds. The van der Waals surface area contributed by atoms with E-state index < -0.39 is 18.1 Å². The Hall–Kier alpha value is -4.26. The zero-order valence-electron chi connectivity index (χ0n) is 16.9. The highest BCUT2D eigenvalue weighted by molar-refractivity contribution is 6.25. The molecular formula is C22H16N6O4. The van der Waals surface area contributed by atoms with Gasteiger partial charge in [0.15, 0.2) is 5.69 Å². The maximum atomic E-state index is 13.5. The van der Waals surface area contributed by atoms with Crippen LogP contribution < -0.4 is 4.90 Å². The Bertz CT molecular complexity index is 1370. The van der Waals surface area contributed by atoms with Gasteiger partial charge in [0.25, 0.3) is 11.8 Å². The second-order valence-electron chi connectivity index (χ2n) is 8.19. The summed E-state index contributed by atoms with van der Waals surface area (Å²) in [4.78, 5) is 48.4. The number of carbonyl (C=O) groups is 3. The van der Waals surface area contributed by atoms with Gasteiger partial charge >= 0.3 is 6.03 Å². The number of nitriles is 1. The Labute approximate surface area is 181 Å². The van der Waals surface area contributed by atoms with Crippen LogP contribution >= 0.6 is 0 Å². The number of anilines is 1. The quantitative estimate of drug-likeness (QED) is 0.571. The van der Waals surface area contributed by atoms with Gasteiger partial charge in [0.1, 0.15) is 17.9 Å². The van der Waals surface area contributed by atoms with Crippen molar-refractivity contribution in [2.45, 2.75) is 31.5 Å². The third-order valence-corrected chi connectivity index (χ3v) is 6.48. The maximum Gasteiger partial charge on any atom is 0.332 e. The normalized spacial score (nSPS) is 23.9. The summed E-state index contributed by atoms with van der Waals surface area (Å²) in [5.74, 6) is -0.161. The molecule has 3 atom stereocenters. The Morgan fingerprint density at radius 2 is 2.12 bits per heavy atom. The predicted octanol–water partition coefficient (Wildman–Crippen LogP) is 1.84. The fraction of sp³-hybridized carbons (Fsp3) is 0.273. The Balaban J connectivity index is 1.38. The van der Waals surface area contributed by atoms with Gasteiger partial charge in [0.2, 0.25) is 0 Å². The summed E-state index contributed by atoms with van der Waals surface area (Å²) < 4.78 is 5.02. The molecule has 0 N–H and O–H groups in total. The van der Waals surface area contributed by atoms with Crippen molar-refractivity contribution in [3.8, 4) is 6.07 Å². The first-order chi connectivity index (χ1) is 15.5. The molecule has 6 rings (SSSR count). The molecule has 3 fully saturated rings. The monoisotopic (exact) mass is 428 g/mol. The summed E-state index contributed by atoms with van der Waals surface area (Å²) in [5, 5.41) is 13.7. The molecule has 32 heavy (non-hydrogen) atoms. The number of hydrogen-bond donors (Lipinski definition) is 0. The van der Waals surface area contributed by atoms with E-state index in [1.807, 2.05) is 0 Å². The number of pyridine rings is 1. The average molecular weight is 428 g/mol. The van der Waals surface area contributed by atoms with Crippen molar-refractivity contribution < 1.29 is 18.9 Å². The number of rotatable bonds is 2. The first-order valence-corrected chi connectivity index (χ1v) is 10.2. The van der Waals surface area contributed by atoms with E-state index in [9.17, 15) is 19.6 Å². The standard InChI is InChI=1S/C22H16N6O4/c1-11-7-15(25-32-11)20(29)26-10-13-8-17(26)19-21(30)28(22(31)27(13)19)16-5-4-12(9-23)18-14(16)3-2-6-24-18/h2-7,13,17,19H,8,10H2,1H3/t13-,17+,19+/m0/s1. The van der Waals surface area contributed by atoms with E-state index in [1.165, 1.54) is 0 Å². The molecular weight excluding hydrogens is 412 g/mol. The molecule has 0 radical (unpaired) electrons. The number of imide groups is 1. The molecule has 0 unspecified atom stereocenters. The van der Waals surface area contributed by atoms with Crippen LogP contribution in [-0.4, -0.2) is 62.5 Å². The zero-order chi connectivity index (χ0) is 22.1. The predicted molar refractivity (Wildman–Crippen MR) is 109 cm³/mol. The SMILES string of the molecule is Cc1cc(C(=O)N2C[C@@H]3C[C@@H]2[C@@H]2C(=O)N(c4ccc(C#N)c5ncccc45)C(=O)N32)no1. The highest BCUT2D eigenvalue weighted by Gasteiger charge is 2.63. The topological polar surface area (TPSA) is 124 Å². The van der Waals surface area contributed by atoms with Crippen LogP contribution in [0.1, 0.15) is 28.2 Å². The summed E-state index contributed by atoms with van der Waals surface area (Å²) in [6.07, 6.45) is 2.11. The number of aryl methyl sites for hydroxylation is 1. The van der Waals surface area contributed by atoms with Crippen molar-refractivity contribution in [2.24, 2.45) is 0 Å². The van der Waals surface area contributed by atoms with Gasteiger partial charge in [-0.1, -0.05) is 5.16 Å². The fourth-order valence-corrected chi connectivity index (χ4v) is 5.17. The average Bonchev–Trinajstić information content (AvgIpc) is 3.56. The first kappa shape index (κ1) is 18.5. The van der Waals surface area contributed by atoms with Crippen LogP contribution in [0.2, 0.25) is 0 Å². The van der Waals surface area contributed by atoms with Gasteiger partial charge in [0.05, 0.1) is 28.9 Å². The molecule has 3 aliphatic rings. The lowest BCUT2D eigenvalue weighted by molar-refractivity contribution is -0.121. The summed E-state index contributed by atoms with van der Waals surface area (Å²) in [7, 11) is 0. The number of aromatic nitrogens is 2. The molecule has 10 nitrogen and oxygen atoms in total. The highest BCUT2D eigenvalue weighted by atomic mass is 16.5. The number of amides is 4. The number of carbonyl (C=O) groups excluding carboxylic acids is 3. The first-order valence-electron chi connectivity index (χ1n) is 10.2. The Morgan fingerprint density at radius 1 is 1.28 bits per heavy atom. The van der Waals surface area contributed by atoms with E-state index in [0.717, 1.165) is 4.90 Å². The van der Waals surface area contributed by atoms with E-state index in [2.05, 4.69) is 16.2 Å². The minimum atomic E-state index is -0.749. The molecule has 0 saturated carbocycles. The number of hydrogen-bond acceptors (Lipinski definition) is 7. The van der Waals surface area contributed by atoms with E-state index in [1.54, 1.807) is 53.3 Å². The van der Waals surface area contributed by atoms with E-state index in [-0.39, 0.29) is 23.6 Å². The maximum absolute atomic E-state index is 13.5. The molecule has 5 heterocycles. The van der Waals surface area contributed by atoms with Crippen molar-refractivity contribution in [3.63, 3.8) is 0 Å². The number of piperazine rings is 1. The molecule has 3 aliphatic heterocycles. The second-order valence-corrected chi connectivity index (χ2v) is 8.19. The third kappa shape index (κ3) is 2.30. The summed E-state index contributed by atoms with van der Waals surface area (Å²) >= 11 is 0. The van der Waals surface area contributed by atoms with Crippen LogP contribution in [-0.2, 0) is 4.79 Å². The molecule has 2 bridgehead atoms. The van der Waals surface area contributed by atoms with E-state index in [4.69, 9.17) is 4.52 Å². The highest BCUT2D eigenvalue weighted by Crippen LogP contribution is 2.44. The van der Waals surface area contributed by atoms with Gasteiger partial charge in [-0.15, -0.1) is 0 Å². The molecule has 2 aromatic heterocycles. The van der Waals surface area contributed by atoms with E-state index >= 15 is 0 Å². The second kappa shape index (κ2) is 6.37. The van der Waals surface area contributed by atoms with Crippen molar-refractivity contribution >= 4 is 34.4 Å². The molecule has 0 spiro atoms. The lowest BCUT2D eigenvalue weighted by Crippen LogP contribution is -2.54. The van der Waals surface area contributed by atoms with Crippen LogP contribution in [0.5, 0.6) is 0 Å². The number of nitrogens with zero attached hydrogens (tertiary/aromatic N) is 6. The molecule has 3 saturated heterocycles. The van der Waals surface area contributed by atoms with E-state index in [0.29, 0.717) is 40.9 Å². The van der Waals surface area contributed by atoms with Gasteiger partial charge in [0, 0.05) is 24.2 Å². The van der Waals surface area contributed by atoms with Crippen LogP contribution in [0.25, 0.3) is 10.9 Å². The third-order valence-electron chi connectivity index (χ3n) is 6.48. The molecule has 1 aromatic carbocycles. The Morgan fingerprint density at radius 3 is 2.88 bits per heavy atom. The van der Waals surface area contributed by atoms with Gasteiger partial charge in [-0.2, -0.15) is 5.26 Å². The lowest BCUT2D eigenvalue weighted by atomic mass is 10.1. The fourth-order valence-electron chi connectivity index (χ4n) is 5.17. The van der Waals surface area contributed by atoms with Crippen molar-refractivity contribution in [2.75, 3.05) is 11.4 Å². The molecule has 0 aliphatic carbocycles. The minimum Gasteiger partial charge on any atom is -0.361 e. The minimum absolute atomic E-state index is 0.194. The molecule has 3 aromatic rings. The van der Waals surface area contributed by atoms with Crippen molar-refractivity contribution in [3.05, 3.63) is 53.5 Å². The van der Waals surface area contributed by atoms with Gasteiger partial charge in [-0.25, -0.2) is 9.69 Å². The largest absolute Gasteiger partial charge is 0.361 e. The van der Waals surface area contributed by atoms with Crippen molar-refractivity contribution in [1.82, 2.24) is 19.9 Å². The number of urea groups is 1. The van der Waals surface area contributed by atoms with Crippen LogP contribution in [0.3, 0.4) is 0 Å². The van der Waals surface area contributed by atoms with Gasteiger partial charge in [-0.3, -0.25) is 14.6 Å². The van der Waals surface area contributed by atoms with Gasteiger partial charge < -0.3 is 14.3 Å². The number of fused-ring (bicyclic) bond motifs is 6. The zero-order valence-corrected chi connectivity index (χ0v) is 16.9. The smallest absolute Gasteiger partial charge is 0.332 e. The summed E-state index contributed by atoms with van der Waals surface area (Å²) in [5.41, 5.74) is 1.38. The summed E-state index contributed by atoms with van der Waals surface area (Å²) in [6, 6.07) is 8.43. The van der Waals surface area contributed by atoms with Crippen LogP contribution in [0.4, 0.5) is 10.5 Å². The summed E-state index contributed by atoms with van der Waals surface area (Å²) in [6.45, 7) is 2.05. The molecule has 158 valence electrons. The molecule has 10 heteroatoms. The number of likely N-dealkylation sites (tertiary alicyclic amines) is 1. The van der Waals surface area contributed by atoms with Gasteiger partial charge in [-0.05, 0) is 37.6 Å². The van der Waals surface area contributed by atoms with Crippen LogP contribution in [0, 0.1) is 18.3 Å². The van der Waals surface area contributed by atoms with Crippen LogP contribution in [0.15, 0.2) is 41.1 Å². The Kier molecular flexibility index (Phi) is 3.68. The lowest BCUT2D eigenvalue weighted by Gasteiger charge is -2.34. The van der Waals surface area contributed by atoms with Crippen molar-refractivity contribution in [1.29, 1.82) is 5.26 Å².